The number of rotatable bonds is 0. The minimum atomic E-state index is 1.25. The standard InChI is InChI=1S/CH2S3/c1-3-4-2/h1H2. The zero-order valence-electron chi connectivity index (χ0n) is 1.93. The minimum absolute atomic E-state index is 1.25. The van der Waals surface area contributed by atoms with Crippen LogP contribution < -0.4 is 0 Å². The molecule has 0 atom stereocenters. The van der Waals surface area contributed by atoms with E-state index in [0.29, 0.717) is 0 Å². The zero-order chi connectivity index (χ0) is 3.41. The molecular formula is CH2S3. The second kappa shape index (κ2) is 3.53. The average molecular weight is 110 g/mol. The summed E-state index contributed by atoms with van der Waals surface area (Å²) in [4.78, 5) is 0. The van der Waals surface area contributed by atoms with Gasteiger partial charge in [0.2, 0.25) is 0 Å². The lowest BCUT2D eigenvalue weighted by Gasteiger charge is -1.18. The summed E-state index contributed by atoms with van der Waals surface area (Å²) in [6, 6.07) is 0. The van der Waals surface area contributed by atoms with Crippen LogP contribution in [0.1, 0.15) is 0 Å². The summed E-state index contributed by atoms with van der Waals surface area (Å²) in [6.45, 7) is 0. The molecule has 0 nitrogen and oxygen atoms in total. The monoisotopic (exact) mass is 110 g/mol. The van der Waals surface area contributed by atoms with Crippen molar-refractivity contribution < 1.29 is 0 Å². The van der Waals surface area contributed by atoms with Crippen LogP contribution in [0.15, 0.2) is 0 Å². The van der Waals surface area contributed by atoms with Crippen molar-refractivity contribution in [1.29, 1.82) is 0 Å². The van der Waals surface area contributed by atoms with Crippen LogP contribution in [-0.4, -0.2) is 5.87 Å². The molecule has 3 heteroatoms. The Balaban J connectivity index is 3.95. The quantitative estimate of drug-likeness (QED) is 0.394. The van der Waals surface area contributed by atoms with Gasteiger partial charge in [-0.15, -0.1) is 0 Å². The van der Waals surface area contributed by atoms with Crippen molar-refractivity contribution >= 4 is 35.8 Å². The van der Waals surface area contributed by atoms with E-state index in [4.69, 9.17) is 0 Å². The van der Waals surface area contributed by atoms with Gasteiger partial charge in [0.25, 0.3) is 0 Å². The van der Waals surface area contributed by atoms with E-state index in [-0.39, 0.29) is 0 Å². The molecule has 0 aromatic carbocycles. The third-order valence-electron chi connectivity index (χ3n) is 0.0481. The van der Waals surface area contributed by atoms with Gasteiger partial charge in [0.1, 0.15) is 0 Å². The van der Waals surface area contributed by atoms with Crippen molar-refractivity contribution in [3.05, 3.63) is 0 Å². The molecule has 0 unspecified atom stereocenters. The summed E-state index contributed by atoms with van der Waals surface area (Å²) < 4.78 is 0. The highest BCUT2D eigenvalue weighted by molar-refractivity contribution is 8.41. The summed E-state index contributed by atoms with van der Waals surface area (Å²) >= 11 is 4.37. The van der Waals surface area contributed by atoms with E-state index in [1.54, 1.807) is 0 Å². The Kier molecular flexibility index (Phi) is 4.00. The molecule has 0 radical (unpaired) electrons. The molecular weight excluding hydrogens is 108 g/mol. The van der Waals surface area contributed by atoms with E-state index in [2.05, 4.69) is 17.1 Å². The fourth-order valence-electron chi connectivity index (χ4n) is 0. The fraction of sp³-hybridized carbons (Fsp3) is 0. The fourth-order valence-corrected chi connectivity index (χ4v) is 0. The first-order valence-corrected chi connectivity index (χ1v) is 3.87. The summed E-state index contributed by atoms with van der Waals surface area (Å²) in [5.41, 5.74) is 0. The van der Waals surface area contributed by atoms with Gasteiger partial charge in [0, 0.05) is 0 Å². The van der Waals surface area contributed by atoms with Crippen LogP contribution >= 0.6 is 0 Å². The lowest BCUT2D eigenvalue weighted by Crippen LogP contribution is -1.19. The average Bonchev–Trinajstić information content (AvgIpc) is 1.37. The second-order valence-electron chi connectivity index (χ2n) is 0.186. The zero-order valence-corrected chi connectivity index (χ0v) is 4.38. The summed E-state index contributed by atoms with van der Waals surface area (Å²) in [6.07, 6.45) is 0. The van der Waals surface area contributed by atoms with Crippen LogP contribution in [0.2, 0.25) is 0 Å². The van der Waals surface area contributed by atoms with Gasteiger partial charge < -0.3 is 0 Å². The van der Waals surface area contributed by atoms with E-state index in [1.807, 2.05) is 0 Å². The molecule has 0 N–H and O–H groups in total. The Morgan fingerprint density at radius 1 is 1.75 bits per heavy atom. The molecule has 0 aliphatic carbocycles. The van der Waals surface area contributed by atoms with Crippen molar-refractivity contribution in [2.24, 2.45) is 0 Å². The molecule has 0 rings (SSSR count). The molecule has 0 aliphatic rings. The highest BCUT2D eigenvalue weighted by Crippen LogP contribution is 1.11. The van der Waals surface area contributed by atoms with E-state index < -0.39 is 0 Å². The topological polar surface area (TPSA) is 0 Å². The van der Waals surface area contributed by atoms with Crippen LogP contribution in [0.25, 0.3) is 0 Å². The molecule has 0 saturated heterocycles. The normalized spacial score (nSPS) is 5.00. The van der Waals surface area contributed by atoms with E-state index in [0.717, 1.165) is 0 Å². The van der Waals surface area contributed by atoms with Gasteiger partial charge in [-0.3, -0.25) is 0 Å². The van der Waals surface area contributed by atoms with Gasteiger partial charge in [-0.25, -0.2) is 0 Å². The highest BCUT2D eigenvalue weighted by Gasteiger charge is 1.11. The Morgan fingerprint density at radius 3 is 2.00 bits per heavy atom. The van der Waals surface area contributed by atoms with Gasteiger partial charge in [-0.1, -0.05) is 9.91 Å². The largest absolute Gasteiger partial charge is 0.0851 e. The molecule has 24 valence electrons. The predicted octanol–water partition coefficient (Wildman–Crippen LogP) is -0.0395. The maximum atomic E-state index is 4.37. The van der Waals surface area contributed by atoms with Crippen LogP contribution in [0.3, 0.4) is 0 Å². The Morgan fingerprint density at radius 2 is 2.00 bits per heavy atom. The molecule has 0 fully saturated rings. The molecule has 0 aliphatic heterocycles. The molecule has 0 saturated carbocycles. The summed E-state index contributed by atoms with van der Waals surface area (Å²) in [5, 5.41) is 0. The van der Waals surface area contributed by atoms with Gasteiger partial charge in [-0.05, 0) is 25.9 Å². The molecule has 0 aromatic rings. The second-order valence-corrected chi connectivity index (χ2v) is 2.90. The SMILES string of the molecule is C=S=S=S. The van der Waals surface area contributed by atoms with Gasteiger partial charge in [0.05, 0.1) is 0 Å². The van der Waals surface area contributed by atoms with Crippen LogP contribution in [0.4, 0.5) is 0 Å². The molecule has 0 aromatic heterocycles. The third-order valence-corrected chi connectivity index (χ3v) is 1.30. The maximum absolute atomic E-state index is 4.37. The lowest BCUT2D eigenvalue weighted by molar-refractivity contribution is 4.80. The Hall–Kier alpha value is 0.530. The first-order valence-electron chi connectivity index (χ1n) is 0.622. The van der Waals surface area contributed by atoms with E-state index in [9.17, 15) is 0 Å². The highest BCUT2D eigenvalue weighted by atomic mass is 33.1. The van der Waals surface area contributed by atoms with Gasteiger partial charge in [0.15, 0.2) is 0 Å². The molecule has 0 bridgehead atoms. The van der Waals surface area contributed by atoms with Crippen LogP contribution in [0, 0.1) is 0 Å². The smallest absolute Gasteiger partial charge is 0.000839 e. The molecule has 0 spiro atoms. The van der Waals surface area contributed by atoms with Crippen LogP contribution in [-0.2, 0) is 30.0 Å². The van der Waals surface area contributed by atoms with Crippen molar-refractivity contribution in [3.8, 4) is 0 Å². The predicted molar refractivity (Wildman–Crippen MR) is 29.2 cm³/mol. The van der Waals surface area contributed by atoms with E-state index in [1.165, 1.54) is 18.8 Å². The molecule has 0 heterocycles. The van der Waals surface area contributed by atoms with E-state index >= 15 is 0 Å². The van der Waals surface area contributed by atoms with Crippen molar-refractivity contribution in [1.82, 2.24) is 0 Å². The Labute approximate surface area is 36.3 Å². The first-order chi connectivity index (χ1) is 1.91. The van der Waals surface area contributed by atoms with Gasteiger partial charge >= 0.3 is 0 Å². The summed E-state index contributed by atoms with van der Waals surface area (Å²) in [5.74, 6) is 3.38. The van der Waals surface area contributed by atoms with Gasteiger partial charge in [-0.2, -0.15) is 0 Å². The summed E-state index contributed by atoms with van der Waals surface area (Å²) in [7, 11) is 2.58. The molecule has 4 heavy (non-hydrogen) atoms. The lowest BCUT2D eigenvalue weighted by atomic mass is 12.0. The minimum Gasteiger partial charge on any atom is -0.0851 e. The molecule has 0 amide bonds. The van der Waals surface area contributed by atoms with Crippen molar-refractivity contribution in [2.45, 2.75) is 0 Å². The first kappa shape index (κ1) is 4.53. The van der Waals surface area contributed by atoms with Crippen molar-refractivity contribution in [2.75, 3.05) is 0 Å². The maximum Gasteiger partial charge on any atom is -0.000839 e. The third kappa shape index (κ3) is 2.53. The van der Waals surface area contributed by atoms with Crippen LogP contribution in [0.5, 0.6) is 0 Å². The number of hydrogen-bond acceptors (Lipinski definition) is 1. The number of hydrogen-bond donors (Lipinski definition) is 0. The van der Waals surface area contributed by atoms with Crippen molar-refractivity contribution in [3.63, 3.8) is 0 Å². The Bertz CT molecular complexity index is 53.4.